The topological polar surface area (TPSA) is 46.3 Å². The van der Waals surface area contributed by atoms with Gasteiger partial charge in [0.1, 0.15) is 5.82 Å². The van der Waals surface area contributed by atoms with Crippen LogP contribution in [0.15, 0.2) is 22.7 Å². The molecule has 1 aromatic carbocycles. The Kier molecular flexibility index (Phi) is 3.49. The molecule has 0 aliphatic carbocycles. The van der Waals surface area contributed by atoms with Crippen molar-refractivity contribution in [3.63, 3.8) is 0 Å². The largest absolute Gasteiger partial charge is 0.334 e. The van der Waals surface area contributed by atoms with E-state index in [1.54, 1.807) is 17.0 Å². The number of nitrogens with zero attached hydrogens (tertiary/aromatic N) is 1. The van der Waals surface area contributed by atoms with E-state index in [1.165, 1.54) is 6.07 Å². The Morgan fingerprint density at radius 2 is 2.29 bits per heavy atom. The van der Waals surface area contributed by atoms with E-state index in [0.717, 1.165) is 4.47 Å². The van der Waals surface area contributed by atoms with Crippen molar-refractivity contribution in [2.45, 2.75) is 25.4 Å². The second-order valence-electron chi connectivity index (χ2n) is 4.16. The lowest BCUT2D eigenvalue weighted by Gasteiger charge is -2.26. The molecule has 0 aromatic heterocycles. The molecular weight excluding hydrogens is 287 g/mol. The summed E-state index contributed by atoms with van der Waals surface area (Å²) in [7, 11) is 0. The van der Waals surface area contributed by atoms with Crippen LogP contribution in [0, 0.1) is 5.82 Å². The Labute approximate surface area is 108 Å². The van der Waals surface area contributed by atoms with E-state index >= 15 is 0 Å². The molecule has 2 N–H and O–H groups in total. The normalized spacial score (nSPS) is 24.5. The second kappa shape index (κ2) is 4.74. The Hall–Kier alpha value is -0.940. The number of carbonyl (C=O) groups is 1. The number of benzene rings is 1. The molecule has 1 aromatic rings. The lowest BCUT2D eigenvalue weighted by molar-refractivity contribution is -0.128. The first kappa shape index (κ1) is 12.5. The maximum atomic E-state index is 13.8. The molecule has 5 heteroatoms. The van der Waals surface area contributed by atoms with Crippen molar-refractivity contribution in [1.82, 2.24) is 4.90 Å². The van der Waals surface area contributed by atoms with E-state index in [4.69, 9.17) is 5.73 Å². The molecular formula is C12H14BrFN2O. The van der Waals surface area contributed by atoms with Crippen molar-refractivity contribution in [3.8, 4) is 0 Å². The predicted molar refractivity (Wildman–Crippen MR) is 66.8 cm³/mol. The van der Waals surface area contributed by atoms with Crippen LogP contribution in [0.5, 0.6) is 0 Å². The smallest absolute Gasteiger partial charge is 0.224 e. The number of halogens is 2. The second-order valence-corrected chi connectivity index (χ2v) is 5.07. The average molecular weight is 301 g/mol. The van der Waals surface area contributed by atoms with E-state index in [1.807, 2.05) is 6.92 Å². The number of amides is 1. The van der Waals surface area contributed by atoms with Gasteiger partial charge in [0.25, 0.3) is 0 Å². The Morgan fingerprint density at radius 3 is 2.94 bits per heavy atom. The summed E-state index contributed by atoms with van der Waals surface area (Å²) in [5.41, 5.74) is 6.43. The number of nitrogens with two attached hydrogens (primary N) is 1. The molecule has 1 aliphatic heterocycles. The molecule has 1 fully saturated rings. The number of rotatable bonds is 2. The molecule has 0 saturated carbocycles. The van der Waals surface area contributed by atoms with Gasteiger partial charge in [0.2, 0.25) is 5.91 Å². The van der Waals surface area contributed by atoms with Crippen LogP contribution in [-0.2, 0) is 4.79 Å². The molecule has 1 amide bonds. The summed E-state index contributed by atoms with van der Waals surface area (Å²) in [5.74, 6) is -0.328. The van der Waals surface area contributed by atoms with Crippen LogP contribution in [0.4, 0.5) is 4.39 Å². The van der Waals surface area contributed by atoms with Crippen LogP contribution in [0.25, 0.3) is 0 Å². The van der Waals surface area contributed by atoms with Crippen molar-refractivity contribution in [2.75, 3.05) is 6.54 Å². The zero-order valence-electron chi connectivity index (χ0n) is 9.49. The number of hydrogen-bond donors (Lipinski definition) is 1. The molecule has 0 bridgehead atoms. The first-order chi connectivity index (χ1) is 8.04. The number of likely N-dealkylation sites (tertiary alicyclic amines) is 1. The maximum absolute atomic E-state index is 13.8. The van der Waals surface area contributed by atoms with E-state index in [-0.39, 0.29) is 30.2 Å². The van der Waals surface area contributed by atoms with Gasteiger partial charge in [-0.1, -0.05) is 15.9 Å². The van der Waals surface area contributed by atoms with E-state index in [9.17, 15) is 9.18 Å². The molecule has 1 saturated heterocycles. The van der Waals surface area contributed by atoms with Crippen LogP contribution < -0.4 is 5.73 Å². The number of hydrogen-bond acceptors (Lipinski definition) is 2. The lowest BCUT2D eigenvalue weighted by Crippen LogP contribution is -2.33. The van der Waals surface area contributed by atoms with Crippen molar-refractivity contribution in [3.05, 3.63) is 34.1 Å². The van der Waals surface area contributed by atoms with Gasteiger partial charge in [0, 0.05) is 29.0 Å². The van der Waals surface area contributed by atoms with Gasteiger partial charge in [-0.25, -0.2) is 4.39 Å². The highest BCUT2D eigenvalue weighted by molar-refractivity contribution is 9.10. The first-order valence-electron chi connectivity index (χ1n) is 5.54. The summed E-state index contributed by atoms with van der Waals surface area (Å²) < 4.78 is 14.6. The van der Waals surface area contributed by atoms with Gasteiger partial charge in [-0.2, -0.15) is 0 Å². The Balaban J connectivity index is 2.44. The van der Waals surface area contributed by atoms with Crippen LogP contribution >= 0.6 is 15.9 Å². The minimum Gasteiger partial charge on any atom is -0.334 e. The van der Waals surface area contributed by atoms with Gasteiger partial charge in [-0.15, -0.1) is 0 Å². The number of carbonyl (C=O) groups excluding carboxylic acids is 1. The fourth-order valence-electron chi connectivity index (χ4n) is 2.33. The molecule has 92 valence electrons. The molecule has 1 aliphatic rings. The van der Waals surface area contributed by atoms with Crippen molar-refractivity contribution >= 4 is 21.8 Å². The fraction of sp³-hybridized carbons (Fsp3) is 0.417. The van der Waals surface area contributed by atoms with Gasteiger partial charge in [0.05, 0.1) is 6.04 Å². The predicted octanol–water partition coefficient (Wildman–Crippen LogP) is 2.21. The summed E-state index contributed by atoms with van der Waals surface area (Å²) in [5, 5.41) is 0. The highest BCUT2D eigenvalue weighted by atomic mass is 79.9. The SMILES string of the molecule is CCN1C(=O)CC(N)C1c1cc(Br)ccc1F. The molecule has 2 unspecified atom stereocenters. The van der Waals surface area contributed by atoms with Gasteiger partial charge < -0.3 is 10.6 Å². The number of likely N-dealkylation sites (N-methyl/N-ethyl adjacent to an activating group) is 1. The Morgan fingerprint density at radius 1 is 1.59 bits per heavy atom. The molecule has 0 radical (unpaired) electrons. The molecule has 3 nitrogen and oxygen atoms in total. The monoisotopic (exact) mass is 300 g/mol. The third-order valence-electron chi connectivity index (χ3n) is 3.09. The minimum atomic E-state index is -0.356. The minimum absolute atomic E-state index is 0.00984. The Bertz CT molecular complexity index is 452. The van der Waals surface area contributed by atoms with E-state index < -0.39 is 0 Å². The van der Waals surface area contributed by atoms with Crippen molar-refractivity contribution in [1.29, 1.82) is 0 Å². The van der Waals surface area contributed by atoms with E-state index in [0.29, 0.717) is 12.1 Å². The summed E-state index contributed by atoms with van der Waals surface area (Å²) in [4.78, 5) is 13.3. The zero-order chi connectivity index (χ0) is 12.6. The molecule has 2 rings (SSSR count). The fourth-order valence-corrected chi connectivity index (χ4v) is 2.71. The molecule has 1 heterocycles. The van der Waals surface area contributed by atoms with Gasteiger partial charge in [-0.3, -0.25) is 4.79 Å². The van der Waals surface area contributed by atoms with Gasteiger partial charge >= 0.3 is 0 Å². The van der Waals surface area contributed by atoms with Crippen molar-refractivity contribution in [2.24, 2.45) is 5.73 Å². The first-order valence-corrected chi connectivity index (χ1v) is 6.34. The van der Waals surface area contributed by atoms with Crippen molar-refractivity contribution < 1.29 is 9.18 Å². The summed E-state index contributed by atoms with van der Waals surface area (Å²) in [6.45, 7) is 2.42. The lowest BCUT2D eigenvalue weighted by atomic mass is 10.0. The van der Waals surface area contributed by atoms with Crippen LogP contribution in [0.1, 0.15) is 24.9 Å². The highest BCUT2D eigenvalue weighted by Gasteiger charge is 2.38. The highest BCUT2D eigenvalue weighted by Crippen LogP contribution is 2.34. The molecule has 2 atom stereocenters. The zero-order valence-corrected chi connectivity index (χ0v) is 11.1. The van der Waals surface area contributed by atoms with Crippen LogP contribution in [-0.4, -0.2) is 23.4 Å². The molecule has 17 heavy (non-hydrogen) atoms. The van der Waals surface area contributed by atoms with Crippen LogP contribution in [0.2, 0.25) is 0 Å². The molecule has 0 spiro atoms. The average Bonchev–Trinajstić information content (AvgIpc) is 2.56. The van der Waals surface area contributed by atoms with E-state index in [2.05, 4.69) is 15.9 Å². The third-order valence-corrected chi connectivity index (χ3v) is 3.58. The standard InChI is InChI=1S/C12H14BrFN2O/c1-2-16-11(17)6-10(15)12(16)8-5-7(13)3-4-9(8)14/h3-5,10,12H,2,6,15H2,1H3. The summed E-state index contributed by atoms with van der Waals surface area (Å²) in [6.07, 6.45) is 0.282. The van der Waals surface area contributed by atoms with Gasteiger partial charge in [0.15, 0.2) is 0 Å². The van der Waals surface area contributed by atoms with Crippen LogP contribution in [0.3, 0.4) is 0 Å². The maximum Gasteiger partial charge on any atom is 0.224 e. The quantitative estimate of drug-likeness (QED) is 0.910. The summed E-state index contributed by atoms with van der Waals surface area (Å²) >= 11 is 3.31. The van der Waals surface area contributed by atoms with Gasteiger partial charge in [-0.05, 0) is 25.1 Å². The summed E-state index contributed by atoms with van der Waals surface area (Å²) in [6, 6.07) is 4.03. The third kappa shape index (κ3) is 2.21.